The minimum Gasteiger partial charge on any atom is -0.463 e. The first-order valence-electron chi connectivity index (χ1n) is 10.4. The van der Waals surface area contributed by atoms with Gasteiger partial charge in [-0.05, 0) is 37.6 Å². The molecule has 0 saturated heterocycles. The number of hydrogen-bond donors (Lipinski definition) is 0. The van der Waals surface area contributed by atoms with E-state index >= 15 is 0 Å². The minimum absolute atomic E-state index is 0.0944. The summed E-state index contributed by atoms with van der Waals surface area (Å²) in [5.74, 6) is 0.170. The Kier molecular flexibility index (Phi) is 7.13. The van der Waals surface area contributed by atoms with E-state index in [1.165, 1.54) is 4.90 Å². The van der Waals surface area contributed by atoms with Gasteiger partial charge in [0.1, 0.15) is 23.8 Å². The van der Waals surface area contributed by atoms with Crippen LogP contribution < -0.4 is 0 Å². The van der Waals surface area contributed by atoms with Crippen molar-refractivity contribution in [3.8, 4) is 0 Å². The van der Waals surface area contributed by atoms with Gasteiger partial charge in [0.15, 0.2) is 0 Å². The Bertz CT molecular complexity index is 886. The topological polar surface area (TPSA) is 59.1 Å². The summed E-state index contributed by atoms with van der Waals surface area (Å²) in [5, 5.41) is 0. The Morgan fingerprint density at radius 1 is 1.03 bits per heavy atom. The predicted molar refractivity (Wildman–Crippen MR) is 120 cm³/mol. The molecule has 6 heteroatoms. The molecule has 0 fully saturated rings. The highest BCUT2D eigenvalue weighted by Gasteiger charge is 2.39. The number of esters is 1. The summed E-state index contributed by atoms with van der Waals surface area (Å²) < 4.78 is 11.4. The SMILES string of the molecule is CN(C)C(=O)OC1=CCCN(C)C1COC(=O)C(C)(c1ccccc1)c1ccccc1. The van der Waals surface area contributed by atoms with Crippen molar-refractivity contribution in [3.05, 3.63) is 83.6 Å². The van der Waals surface area contributed by atoms with Crippen molar-refractivity contribution >= 4 is 12.1 Å². The molecule has 6 nitrogen and oxygen atoms in total. The molecule has 0 radical (unpaired) electrons. The van der Waals surface area contributed by atoms with Gasteiger partial charge in [0, 0.05) is 20.6 Å². The van der Waals surface area contributed by atoms with Gasteiger partial charge in [-0.25, -0.2) is 4.79 Å². The first-order chi connectivity index (χ1) is 14.8. The van der Waals surface area contributed by atoms with E-state index < -0.39 is 11.5 Å². The second-order valence-corrected chi connectivity index (χ2v) is 8.11. The van der Waals surface area contributed by atoms with Gasteiger partial charge < -0.3 is 14.4 Å². The smallest absolute Gasteiger partial charge is 0.414 e. The summed E-state index contributed by atoms with van der Waals surface area (Å²) in [6, 6.07) is 18.9. The van der Waals surface area contributed by atoms with Crippen LogP contribution in [0.4, 0.5) is 4.79 Å². The van der Waals surface area contributed by atoms with Crippen molar-refractivity contribution in [2.24, 2.45) is 0 Å². The number of nitrogens with zero attached hydrogens (tertiary/aromatic N) is 2. The highest BCUT2D eigenvalue weighted by molar-refractivity contribution is 5.87. The van der Waals surface area contributed by atoms with Gasteiger partial charge in [0.05, 0.1) is 0 Å². The standard InChI is InChI=1S/C25H30N2O4/c1-25(19-12-7-5-8-13-19,20-14-9-6-10-15-20)23(28)30-18-21-22(16-11-17-27(21)4)31-24(29)26(2)3/h5-10,12-16,21H,11,17-18H2,1-4H3. The maximum Gasteiger partial charge on any atom is 0.414 e. The second-order valence-electron chi connectivity index (χ2n) is 8.11. The molecule has 31 heavy (non-hydrogen) atoms. The first-order valence-corrected chi connectivity index (χ1v) is 10.4. The highest BCUT2D eigenvalue weighted by atomic mass is 16.6. The quantitative estimate of drug-likeness (QED) is 0.663. The normalized spacial score (nSPS) is 16.9. The molecule has 0 bridgehead atoms. The fourth-order valence-electron chi connectivity index (χ4n) is 3.67. The zero-order valence-electron chi connectivity index (χ0n) is 18.6. The van der Waals surface area contributed by atoms with Crippen molar-refractivity contribution in [3.63, 3.8) is 0 Å². The summed E-state index contributed by atoms with van der Waals surface area (Å²) in [6.45, 7) is 2.77. The molecule has 2 aromatic carbocycles. The van der Waals surface area contributed by atoms with Crippen LogP contribution in [0.25, 0.3) is 0 Å². The zero-order valence-corrected chi connectivity index (χ0v) is 18.6. The van der Waals surface area contributed by atoms with E-state index in [4.69, 9.17) is 9.47 Å². The van der Waals surface area contributed by atoms with Crippen LogP contribution >= 0.6 is 0 Å². The molecule has 1 amide bonds. The molecule has 1 heterocycles. The van der Waals surface area contributed by atoms with Gasteiger partial charge in [0.2, 0.25) is 0 Å². The molecule has 0 aliphatic carbocycles. The average molecular weight is 423 g/mol. The van der Waals surface area contributed by atoms with Gasteiger partial charge in [-0.1, -0.05) is 60.7 Å². The third-order valence-electron chi connectivity index (χ3n) is 5.74. The lowest BCUT2D eigenvalue weighted by Crippen LogP contribution is -2.44. The number of rotatable bonds is 6. The van der Waals surface area contributed by atoms with Crippen molar-refractivity contribution < 1.29 is 19.1 Å². The van der Waals surface area contributed by atoms with Crippen molar-refractivity contribution in [2.45, 2.75) is 24.8 Å². The molecule has 0 spiro atoms. The minimum atomic E-state index is -0.958. The number of likely N-dealkylation sites (N-methyl/N-ethyl adjacent to an activating group) is 1. The van der Waals surface area contributed by atoms with Crippen LogP contribution in [0.2, 0.25) is 0 Å². The summed E-state index contributed by atoms with van der Waals surface area (Å²) in [6.07, 6.45) is 2.22. The maximum absolute atomic E-state index is 13.5. The van der Waals surface area contributed by atoms with Gasteiger partial charge in [-0.3, -0.25) is 9.69 Å². The van der Waals surface area contributed by atoms with Crippen LogP contribution in [0.1, 0.15) is 24.5 Å². The molecular weight excluding hydrogens is 392 g/mol. The van der Waals surface area contributed by atoms with Crippen LogP contribution in [0.3, 0.4) is 0 Å². The lowest BCUT2D eigenvalue weighted by Gasteiger charge is -2.34. The van der Waals surface area contributed by atoms with Crippen LogP contribution in [0.15, 0.2) is 72.5 Å². The molecule has 3 rings (SSSR count). The lowest BCUT2D eigenvalue weighted by atomic mass is 9.76. The maximum atomic E-state index is 13.5. The van der Waals surface area contributed by atoms with Gasteiger partial charge >= 0.3 is 12.1 Å². The molecule has 2 aromatic rings. The Labute approximate surface area is 184 Å². The van der Waals surface area contributed by atoms with E-state index in [0.717, 1.165) is 24.1 Å². The van der Waals surface area contributed by atoms with Crippen LogP contribution in [-0.4, -0.2) is 62.2 Å². The van der Waals surface area contributed by atoms with Crippen LogP contribution in [0, 0.1) is 0 Å². The number of hydrogen-bond acceptors (Lipinski definition) is 5. The van der Waals surface area contributed by atoms with Gasteiger partial charge in [0.25, 0.3) is 0 Å². The Morgan fingerprint density at radius 2 is 1.58 bits per heavy atom. The largest absolute Gasteiger partial charge is 0.463 e. The van der Waals surface area contributed by atoms with Crippen molar-refractivity contribution in [1.29, 1.82) is 0 Å². The zero-order chi connectivity index (χ0) is 22.4. The molecule has 0 aromatic heterocycles. The Hall–Kier alpha value is -3.12. The molecule has 0 N–H and O–H groups in total. The molecule has 164 valence electrons. The molecular formula is C25H30N2O4. The number of carbonyl (C=O) groups excluding carboxylic acids is 2. The van der Waals surface area contributed by atoms with Crippen LogP contribution in [-0.2, 0) is 19.7 Å². The van der Waals surface area contributed by atoms with Gasteiger partial charge in [-0.2, -0.15) is 0 Å². The number of amides is 1. The van der Waals surface area contributed by atoms with E-state index in [-0.39, 0.29) is 18.6 Å². The predicted octanol–water partition coefficient (Wildman–Crippen LogP) is 3.82. The molecule has 1 atom stereocenters. The first kappa shape index (κ1) is 22.6. The highest BCUT2D eigenvalue weighted by Crippen LogP contribution is 2.33. The van der Waals surface area contributed by atoms with Gasteiger partial charge in [-0.15, -0.1) is 0 Å². The second kappa shape index (κ2) is 9.79. The molecule has 1 aliphatic heterocycles. The average Bonchev–Trinajstić information content (AvgIpc) is 2.79. The third kappa shape index (κ3) is 4.97. The number of carbonyl (C=O) groups is 2. The third-order valence-corrected chi connectivity index (χ3v) is 5.74. The number of benzene rings is 2. The summed E-state index contributed by atoms with van der Waals surface area (Å²) in [4.78, 5) is 29.0. The van der Waals surface area contributed by atoms with Crippen molar-refractivity contribution in [2.75, 3.05) is 34.3 Å². The van der Waals surface area contributed by atoms with E-state index in [0.29, 0.717) is 5.76 Å². The number of ether oxygens (including phenoxy) is 2. The lowest BCUT2D eigenvalue weighted by molar-refractivity contribution is -0.150. The van der Waals surface area contributed by atoms with E-state index in [1.54, 1.807) is 14.1 Å². The molecule has 1 aliphatic rings. The van der Waals surface area contributed by atoms with Crippen molar-refractivity contribution in [1.82, 2.24) is 9.80 Å². The fourth-order valence-corrected chi connectivity index (χ4v) is 3.67. The van der Waals surface area contributed by atoms with E-state index in [2.05, 4.69) is 0 Å². The summed E-state index contributed by atoms with van der Waals surface area (Å²) in [5.41, 5.74) is 0.760. The van der Waals surface area contributed by atoms with Crippen LogP contribution in [0.5, 0.6) is 0 Å². The molecule has 1 unspecified atom stereocenters. The summed E-state index contributed by atoms with van der Waals surface area (Å²) in [7, 11) is 5.20. The van der Waals surface area contributed by atoms with E-state index in [9.17, 15) is 9.59 Å². The van der Waals surface area contributed by atoms with E-state index in [1.807, 2.05) is 85.6 Å². The Balaban J connectivity index is 1.83. The fraction of sp³-hybridized carbons (Fsp3) is 0.360. The summed E-state index contributed by atoms with van der Waals surface area (Å²) >= 11 is 0. The Morgan fingerprint density at radius 3 is 2.10 bits per heavy atom. The monoisotopic (exact) mass is 422 g/mol. The molecule has 0 saturated carbocycles.